The van der Waals surface area contributed by atoms with E-state index < -0.39 is 11.9 Å². The first kappa shape index (κ1) is 49.2. The lowest BCUT2D eigenvalue weighted by Gasteiger charge is -2.38. The van der Waals surface area contributed by atoms with E-state index in [0.717, 1.165) is 82.1 Å². The second-order valence-corrected chi connectivity index (χ2v) is 18.6. The number of carbonyl (C=O) groups is 4. The van der Waals surface area contributed by atoms with Crippen LogP contribution in [0.2, 0.25) is 0 Å². The number of aryl methyl sites for hydroxylation is 1. The maximum atomic E-state index is 14.3. The number of aromatic nitrogens is 2. The van der Waals surface area contributed by atoms with Crippen molar-refractivity contribution >= 4 is 40.7 Å². The summed E-state index contributed by atoms with van der Waals surface area (Å²) in [5, 5.41) is 19.1. The van der Waals surface area contributed by atoms with Crippen molar-refractivity contribution < 1.29 is 33.0 Å². The number of hydrogen-bond acceptors (Lipinski definition) is 12. The van der Waals surface area contributed by atoms with E-state index in [1.807, 2.05) is 54.1 Å². The minimum atomic E-state index is -0.579. The van der Waals surface area contributed by atoms with Crippen LogP contribution >= 0.6 is 0 Å². The molecule has 4 heterocycles. The zero-order chi connectivity index (χ0) is 47.3. The predicted octanol–water partition coefficient (Wildman–Crippen LogP) is 5.26. The number of nitrogens with one attached hydrogen (secondary N) is 3. The number of rotatable bonds is 19. The van der Waals surface area contributed by atoms with E-state index in [1.165, 1.54) is 12.3 Å². The van der Waals surface area contributed by atoms with Crippen LogP contribution in [0.3, 0.4) is 0 Å². The van der Waals surface area contributed by atoms with Gasteiger partial charge in [-0.15, -0.1) is 0 Å². The number of ether oxygens (including phenoxy) is 2. The highest BCUT2D eigenvalue weighted by Gasteiger charge is 2.42. The van der Waals surface area contributed by atoms with Crippen LogP contribution in [0.1, 0.15) is 93.4 Å². The number of amides is 4. The molecular weight excluding hydrogens is 856 g/mol. The third kappa shape index (κ3) is 13.5. The molecule has 4 amide bonds. The second kappa shape index (κ2) is 23.8. The highest BCUT2D eigenvalue weighted by atomic mass is 19.1. The van der Waals surface area contributed by atoms with Crippen LogP contribution in [0.4, 0.5) is 21.5 Å². The molecule has 2 saturated heterocycles. The molecule has 0 radical (unpaired) electrons. The van der Waals surface area contributed by atoms with Crippen molar-refractivity contribution in [3.63, 3.8) is 0 Å². The van der Waals surface area contributed by atoms with E-state index in [9.17, 15) is 28.8 Å². The average Bonchev–Trinajstić information content (AvgIpc) is 3.65. The van der Waals surface area contributed by atoms with Gasteiger partial charge in [0.25, 0.3) is 0 Å². The number of nitriles is 1. The molecular formula is C50H67FN10O6. The van der Waals surface area contributed by atoms with Gasteiger partial charge in [0.05, 0.1) is 59.6 Å². The van der Waals surface area contributed by atoms with Crippen molar-refractivity contribution in [1.29, 1.82) is 5.26 Å². The van der Waals surface area contributed by atoms with Crippen molar-refractivity contribution in [1.82, 2.24) is 35.3 Å². The maximum Gasteiger partial charge on any atom is 0.226 e. The summed E-state index contributed by atoms with van der Waals surface area (Å²) in [6.07, 6.45) is 13.0. The molecule has 4 fully saturated rings. The van der Waals surface area contributed by atoms with E-state index >= 15 is 0 Å². The van der Waals surface area contributed by atoms with Gasteiger partial charge >= 0.3 is 0 Å². The standard InChI is InChI=1S/C50H67FN10O6/c1-34-8-17-42(37(28-34)31-52)57-43-33-55-45(51)30-44(43)58(2)20-21-60-22-24-61(25-23-60)50(65)35-9-11-38(12-10-35)56-46(62)7-5-26-66-39-13-15-40(16-14-39)67-27-19-54-49(64)41-29-47(63)59(3)48(41)36-6-4-18-53-32-36/h4,6,8,17-18,28,30,32-33,35,38-41,48,57H,5,7,9-16,19-27,29H2,1-3H3,(H,54,64)(H,56,62)/t35?,38?,39?,40?,41-,48+/m0/s1. The highest BCUT2D eigenvalue weighted by molar-refractivity contribution is 5.90. The predicted molar refractivity (Wildman–Crippen MR) is 252 cm³/mol. The van der Waals surface area contributed by atoms with Gasteiger partial charge in [0.15, 0.2) is 0 Å². The lowest BCUT2D eigenvalue weighted by Crippen LogP contribution is -2.52. The summed E-state index contributed by atoms with van der Waals surface area (Å²) in [7, 11) is 3.64. The van der Waals surface area contributed by atoms with Crippen LogP contribution < -0.4 is 20.9 Å². The van der Waals surface area contributed by atoms with Crippen LogP contribution in [-0.2, 0) is 28.7 Å². The third-order valence-corrected chi connectivity index (χ3v) is 13.9. The molecule has 7 rings (SSSR count). The Labute approximate surface area is 393 Å². The Kier molecular flexibility index (Phi) is 17.5. The Bertz CT molecular complexity index is 2190. The maximum absolute atomic E-state index is 14.3. The SMILES string of the molecule is Cc1ccc(Nc2cnc(F)cc2N(C)CCN2CCN(C(=O)C3CCC(NC(=O)CCCOC4CCC(OCCNC(=O)[C@H]5CC(=O)N(C)[C@@H]5c5cccnc5)CC4)CC3)CC2)c(C#N)c1. The molecule has 4 aliphatic rings. The molecule has 2 aliphatic heterocycles. The van der Waals surface area contributed by atoms with Crippen molar-refractivity contribution in [3.05, 3.63) is 77.6 Å². The van der Waals surface area contributed by atoms with E-state index in [-0.39, 0.29) is 60.3 Å². The number of nitrogens with zero attached hydrogens (tertiary/aromatic N) is 7. The van der Waals surface area contributed by atoms with Crippen molar-refractivity contribution in [2.45, 2.75) is 102 Å². The van der Waals surface area contributed by atoms with Gasteiger partial charge in [0.1, 0.15) is 6.07 Å². The summed E-state index contributed by atoms with van der Waals surface area (Å²) in [6.45, 7) is 7.48. The Morgan fingerprint density at radius 3 is 2.37 bits per heavy atom. The second-order valence-electron chi connectivity index (χ2n) is 18.6. The fourth-order valence-electron chi connectivity index (χ4n) is 9.97. The molecule has 3 aromatic rings. The van der Waals surface area contributed by atoms with E-state index in [0.29, 0.717) is 74.9 Å². The number of benzene rings is 1. The zero-order valence-electron chi connectivity index (χ0n) is 39.3. The first-order chi connectivity index (χ1) is 32.4. The van der Waals surface area contributed by atoms with E-state index in [4.69, 9.17) is 9.47 Å². The monoisotopic (exact) mass is 923 g/mol. The normalized spacial score (nSPS) is 23.4. The van der Waals surface area contributed by atoms with Crippen molar-refractivity contribution in [2.75, 3.05) is 83.3 Å². The quantitative estimate of drug-likeness (QED) is 0.105. The van der Waals surface area contributed by atoms with Gasteiger partial charge in [-0.3, -0.25) is 29.1 Å². The van der Waals surface area contributed by atoms with Gasteiger partial charge in [0.2, 0.25) is 29.6 Å². The number of anilines is 3. The third-order valence-electron chi connectivity index (χ3n) is 13.9. The molecule has 0 unspecified atom stereocenters. The molecule has 1 aromatic carbocycles. The number of hydrogen-bond donors (Lipinski definition) is 3. The molecule has 2 saturated carbocycles. The highest BCUT2D eigenvalue weighted by Crippen LogP contribution is 2.37. The van der Waals surface area contributed by atoms with Crippen LogP contribution in [0.25, 0.3) is 0 Å². The van der Waals surface area contributed by atoms with Gasteiger partial charge in [-0.05, 0) is 94.0 Å². The molecule has 67 heavy (non-hydrogen) atoms. The first-order valence-electron chi connectivity index (χ1n) is 24.1. The first-order valence-corrected chi connectivity index (χ1v) is 24.1. The molecule has 0 bridgehead atoms. The van der Waals surface area contributed by atoms with Crippen LogP contribution in [0, 0.1) is 36.0 Å². The smallest absolute Gasteiger partial charge is 0.226 e. The average molecular weight is 923 g/mol. The summed E-state index contributed by atoms with van der Waals surface area (Å²) in [5.74, 6) is -1.03. The molecule has 2 aromatic heterocycles. The topological polar surface area (TPSA) is 185 Å². The van der Waals surface area contributed by atoms with Gasteiger partial charge in [-0.1, -0.05) is 12.1 Å². The van der Waals surface area contributed by atoms with Gasteiger partial charge < -0.3 is 40.1 Å². The fourth-order valence-corrected chi connectivity index (χ4v) is 9.97. The Morgan fingerprint density at radius 2 is 1.67 bits per heavy atom. The summed E-state index contributed by atoms with van der Waals surface area (Å²) in [4.78, 5) is 67.8. The minimum absolute atomic E-state index is 0.0215. The summed E-state index contributed by atoms with van der Waals surface area (Å²) < 4.78 is 26.5. The molecule has 2 atom stereocenters. The van der Waals surface area contributed by atoms with Gasteiger partial charge in [-0.2, -0.15) is 9.65 Å². The number of piperazine rings is 1. The number of halogens is 1. The van der Waals surface area contributed by atoms with Crippen LogP contribution in [-0.4, -0.2) is 140 Å². The Hall–Kier alpha value is -5.70. The summed E-state index contributed by atoms with van der Waals surface area (Å²) >= 11 is 0. The minimum Gasteiger partial charge on any atom is -0.378 e. The number of likely N-dealkylation sites (N-methyl/N-ethyl adjacent to an activating group) is 1. The fraction of sp³-hybridized carbons (Fsp3) is 0.580. The lowest BCUT2D eigenvalue weighted by atomic mass is 9.85. The molecule has 16 nitrogen and oxygen atoms in total. The summed E-state index contributed by atoms with van der Waals surface area (Å²) in [6, 6.07) is 12.7. The number of pyridine rings is 2. The van der Waals surface area contributed by atoms with E-state index in [1.54, 1.807) is 24.3 Å². The number of likely N-dealkylation sites (tertiary alicyclic amines) is 1. The lowest BCUT2D eigenvalue weighted by molar-refractivity contribution is -0.138. The molecule has 3 N–H and O–H groups in total. The van der Waals surface area contributed by atoms with Gasteiger partial charge in [0, 0.05) is 110 Å². The van der Waals surface area contributed by atoms with E-state index in [2.05, 4.69) is 36.9 Å². The Morgan fingerprint density at radius 1 is 0.940 bits per heavy atom. The Balaban J connectivity index is 0.712. The number of carbonyl (C=O) groups excluding carboxylic acids is 4. The van der Waals surface area contributed by atoms with Gasteiger partial charge in [-0.25, -0.2) is 4.98 Å². The van der Waals surface area contributed by atoms with Crippen LogP contribution in [0.5, 0.6) is 0 Å². The van der Waals surface area contributed by atoms with Crippen molar-refractivity contribution in [2.24, 2.45) is 11.8 Å². The molecule has 17 heteroatoms. The van der Waals surface area contributed by atoms with Crippen molar-refractivity contribution in [3.8, 4) is 6.07 Å². The summed E-state index contributed by atoms with van der Waals surface area (Å²) in [5.41, 5.74) is 4.22. The largest absolute Gasteiger partial charge is 0.378 e. The molecule has 360 valence electrons. The zero-order valence-corrected chi connectivity index (χ0v) is 39.3. The molecule has 2 aliphatic carbocycles. The molecule has 0 spiro atoms. The van der Waals surface area contributed by atoms with Crippen LogP contribution in [0.15, 0.2) is 55.0 Å².